The van der Waals surface area contributed by atoms with E-state index in [1.165, 1.54) is 0 Å². The molecule has 1 aliphatic rings. The predicted molar refractivity (Wildman–Crippen MR) is 48.8 cm³/mol. The molecule has 6 heteroatoms. The minimum atomic E-state index is -2.77. The smallest absolute Gasteiger partial charge is 0.247 e. The fraction of sp³-hybridized carbons (Fsp3) is 1.00. The van der Waals surface area contributed by atoms with Gasteiger partial charge in [-0.25, -0.2) is 4.52 Å². The molecule has 12 heavy (non-hydrogen) atoms. The second-order valence-corrected chi connectivity index (χ2v) is 5.08. The van der Waals surface area contributed by atoms with Crippen LogP contribution in [0.25, 0.3) is 0 Å². The van der Waals surface area contributed by atoms with Crippen molar-refractivity contribution in [3.05, 3.63) is 0 Å². The third-order valence-electron chi connectivity index (χ3n) is 1.54. The van der Waals surface area contributed by atoms with Crippen molar-refractivity contribution < 1.29 is 9.42 Å². The average Bonchev–Trinajstić information content (AvgIpc) is 2.05. The molecule has 0 bridgehead atoms. The lowest BCUT2D eigenvalue weighted by Gasteiger charge is -2.33. The zero-order valence-corrected chi connectivity index (χ0v) is 8.70. The van der Waals surface area contributed by atoms with E-state index >= 15 is 0 Å². The van der Waals surface area contributed by atoms with Gasteiger partial charge in [-0.1, -0.05) is 0 Å². The number of nitrogens with one attached hydrogen (secondary N) is 2. The first-order chi connectivity index (χ1) is 5.66. The summed E-state index contributed by atoms with van der Waals surface area (Å²) in [6.45, 7) is 3.15. The summed E-state index contributed by atoms with van der Waals surface area (Å²) in [5.74, 6) is 0.426. The molecule has 2 N–H and O–H groups in total. The van der Waals surface area contributed by atoms with Gasteiger partial charge in [0.2, 0.25) is 8.02 Å². The summed E-state index contributed by atoms with van der Waals surface area (Å²) in [4.78, 5) is 11.7. The van der Waals surface area contributed by atoms with Crippen molar-refractivity contribution >= 4 is 19.6 Å². The van der Waals surface area contributed by atoms with Gasteiger partial charge in [0.05, 0.1) is 12.6 Å². The van der Waals surface area contributed by atoms with E-state index in [1.807, 2.05) is 6.92 Å². The number of rotatable bonds is 3. The molecule has 0 aromatic carbocycles. The van der Waals surface area contributed by atoms with Gasteiger partial charge in [0.15, 0.2) is 0 Å². The van der Waals surface area contributed by atoms with Crippen LogP contribution in [0.5, 0.6) is 0 Å². The van der Waals surface area contributed by atoms with E-state index in [2.05, 4.69) is 10.2 Å². The normalized spacial score (nSPS) is 33.2. The van der Waals surface area contributed by atoms with Crippen molar-refractivity contribution in [1.82, 2.24) is 10.2 Å². The van der Waals surface area contributed by atoms with E-state index in [1.54, 1.807) is 0 Å². The topological polar surface area (TPSA) is 56.3 Å². The van der Waals surface area contributed by atoms with Gasteiger partial charge in [0, 0.05) is 12.4 Å². The molecule has 0 aliphatic carbocycles. The Morgan fingerprint density at radius 2 is 2.58 bits per heavy atom. The molecule has 72 valence electrons. The summed E-state index contributed by atoms with van der Waals surface area (Å²) in [5, 5.41) is 5.66. The molecular formula is C6H14ClN2O2P. The maximum Gasteiger partial charge on any atom is 0.247 e. The Morgan fingerprint density at radius 1 is 1.83 bits per heavy atom. The van der Waals surface area contributed by atoms with Crippen molar-refractivity contribution in [1.29, 1.82) is 0 Å². The van der Waals surface area contributed by atoms with Crippen LogP contribution in [0, 0.1) is 0 Å². The van der Waals surface area contributed by atoms with E-state index < -0.39 is 8.02 Å². The van der Waals surface area contributed by atoms with Gasteiger partial charge in [0.1, 0.15) is 0 Å². The molecule has 1 fully saturated rings. The molecule has 0 aromatic rings. The quantitative estimate of drug-likeness (QED) is 0.520. The van der Waals surface area contributed by atoms with Crippen LogP contribution < -0.4 is 15.1 Å². The first-order valence-corrected chi connectivity index (χ1v) is 6.16. The van der Waals surface area contributed by atoms with Crippen molar-refractivity contribution in [2.45, 2.75) is 19.4 Å². The van der Waals surface area contributed by atoms with Gasteiger partial charge >= 0.3 is 0 Å². The van der Waals surface area contributed by atoms with E-state index in [0.29, 0.717) is 12.5 Å². The van der Waals surface area contributed by atoms with Crippen LogP contribution in [0.3, 0.4) is 0 Å². The highest BCUT2D eigenvalue weighted by Crippen LogP contribution is 2.44. The molecule has 1 heterocycles. The Balaban J connectivity index is 2.35. The Hall–Kier alpha value is 0.560. The summed E-state index contributed by atoms with van der Waals surface area (Å²) in [5.41, 5.74) is 0. The Labute approximate surface area is 78.2 Å². The first kappa shape index (κ1) is 10.6. The maximum absolute atomic E-state index is 11.7. The number of halogens is 1. The summed E-state index contributed by atoms with van der Waals surface area (Å²) >= 11 is 5.57. The lowest BCUT2D eigenvalue weighted by Crippen LogP contribution is -2.45. The van der Waals surface area contributed by atoms with Crippen LogP contribution in [0.15, 0.2) is 0 Å². The third kappa shape index (κ3) is 3.13. The molecule has 1 unspecified atom stereocenters. The monoisotopic (exact) mass is 212 g/mol. The Kier molecular flexibility index (Phi) is 4.17. The van der Waals surface area contributed by atoms with Crippen LogP contribution in [0.1, 0.15) is 13.3 Å². The zero-order chi connectivity index (χ0) is 9.03. The zero-order valence-electron chi connectivity index (χ0n) is 7.05. The number of hydrogen-bond donors (Lipinski definition) is 2. The minimum absolute atomic E-state index is 0.00287. The fourth-order valence-electron chi connectivity index (χ4n) is 0.945. The minimum Gasteiger partial charge on any atom is -0.626 e. The van der Waals surface area contributed by atoms with E-state index in [0.717, 1.165) is 13.0 Å². The summed E-state index contributed by atoms with van der Waals surface area (Å²) in [7, 11) is -2.77. The van der Waals surface area contributed by atoms with Gasteiger partial charge in [-0.15, -0.1) is 11.6 Å². The largest absolute Gasteiger partial charge is 0.626 e. The van der Waals surface area contributed by atoms with Gasteiger partial charge in [-0.3, -0.25) is 0 Å². The van der Waals surface area contributed by atoms with Gasteiger partial charge in [0.25, 0.3) is 0 Å². The van der Waals surface area contributed by atoms with E-state index in [-0.39, 0.29) is 6.04 Å². The van der Waals surface area contributed by atoms with Gasteiger partial charge in [-0.05, 0) is 13.3 Å². The Bertz CT molecular complexity index is 144. The van der Waals surface area contributed by atoms with E-state index in [9.17, 15) is 4.89 Å². The molecule has 0 saturated carbocycles. The highest BCUT2D eigenvalue weighted by molar-refractivity contribution is 7.60. The molecule has 1 aliphatic heterocycles. The molecule has 2 atom stereocenters. The number of alkyl halides is 1. The van der Waals surface area contributed by atoms with Crippen LogP contribution in [0.4, 0.5) is 0 Å². The summed E-state index contributed by atoms with van der Waals surface area (Å²) in [6.07, 6.45) is 0.904. The van der Waals surface area contributed by atoms with Crippen LogP contribution >= 0.6 is 19.6 Å². The molecule has 0 aromatic heterocycles. The SMILES string of the molecule is C[C@@H](CCl)N[P+]1([O-])NCCCO1. The fourth-order valence-corrected chi connectivity index (χ4v) is 2.90. The Morgan fingerprint density at radius 3 is 3.08 bits per heavy atom. The third-order valence-corrected chi connectivity index (χ3v) is 3.97. The van der Waals surface area contributed by atoms with Crippen molar-refractivity contribution in [2.24, 2.45) is 0 Å². The highest BCUT2D eigenvalue weighted by atomic mass is 35.5. The molecule has 1 rings (SSSR count). The summed E-state index contributed by atoms with van der Waals surface area (Å²) in [6, 6.07) is 0.00287. The predicted octanol–water partition coefficient (Wildman–Crippen LogP) is 0.251. The molecule has 0 amide bonds. The molecule has 0 spiro atoms. The maximum atomic E-state index is 11.7. The van der Waals surface area contributed by atoms with Crippen LogP contribution in [-0.4, -0.2) is 25.1 Å². The molecule has 4 nitrogen and oxygen atoms in total. The standard InChI is InChI=1S/C6H14ClN2O2P/c1-6(5-7)9-12(10)8-3-2-4-11-12/h6H,2-5H2,1H3,(H2,8,9,10)/t6-,12?/m0/s1. The lowest BCUT2D eigenvalue weighted by atomic mass is 10.4. The molecule has 0 radical (unpaired) electrons. The van der Waals surface area contributed by atoms with Crippen molar-refractivity contribution in [2.75, 3.05) is 19.0 Å². The van der Waals surface area contributed by atoms with Gasteiger partial charge < -0.3 is 4.89 Å². The summed E-state index contributed by atoms with van der Waals surface area (Å²) < 4.78 is 5.11. The van der Waals surface area contributed by atoms with Crippen LogP contribution in [0.2, 0.25) is 0 Å². The number of hydrogen-bond acceptors (Lipinski definition) is 4. The molecule has 1 saturated heterocycles. The van der Waals surface area contributed by atoms with Gasteiger partial charge in [-0.2, -0.15) is 10.2 Å². The van der Waals surface area contributed by atoms with Crippen molar-refractivity contribution in [3.8, 4) is 0 Å². The van der Waals surface area contributed by atoms with Crippen molar-refractivity contribution in [3.63, 3.8) is 0 Å². The molecular weight excluding hydrogens is 199 g/mol. The first-order valence-electron chi connectivity index (χ1n) is 4.00. The highest BCUT2D eigenvalue weighted by Gasteiger charge is 2.32. The van der Waals surface area contributed by atoms with E-state index in [4.69, 9.17) is 16.1 Å². The second kappa shape index (κ2) is 4.70. The lowest BCUT2D eigenvalue weighted by molar-refractivity contribution is -0.203. The second-order valence-electron chi connectivity index (χ2n) is 2.83. The van der Waals surface area contributed by atoms with Crippen LogP contribution in [-0.2, 0) is 4.52 Å². The average molecular weight is 213 g/mol.